The van der Waals surface area contributed by atoms with E-state index in [4.69, 9.17) is 9.15 Å². The Labute approximate surface area is 159 Å². The topological polar surface area (TPSA) is 64.4 Å². The summed E-state index contributed by atoms with van der Waals surface area (Å²) >= 11 is 0. The lowest BCUT2D eigenvalue weighted by molar-refractivity contribution is 0.0939. The molecule has 0 spiro atoms. The van der Waals surface area contributed by atoms with Gasteiger partial charge in [-0.2, -0.15) is 0 Å². The first-order valence-corrected chi connectivity index (χ1v) is 9.21. The molecule has 1 aromatic heterocycles. The predicted molar refractivity (Wildman–Crippen MR) is 106 cm³/mol. The van der Waals surface area contributed by atoms with Gasteiger partial charge in [0.1, 0.15) is 5.75 Å². The average Bonchev–Trinajstić information content (AvgIpc) is 3.18. The van der Waals surface area contributed by atoms with Gasteiger partial charge in [-0.05, 0) is 56.7 Å². The molecule has 140 valence electrons. The van der Waals surface area contributed by atoms with Crippen molar-refractivity contribution in [1.82, 2.24) is 10.3 Å². The minimum absolute atomic E-state index is 0.106. The number of oxazole rings is 1. The van der Waals surface area contributed by atoms with Crippen LogP contribution in [0.4, 0.5) is 0 Å². The summed E-state index contributed by atoms with van der Waals surface area (Å²) < 4.78 is 11.4. The zero-order valence-corrected chi connectivity index (χ0v) is 15.9. The Hall–Kier alpha value is -3.08. The Morgan fingerprint density at radius 3 is 2.59 bits per heavy atom. The van der Waals surface area contributed by atoms with E-state index in [2.05, 4.69) is 10.3 Å². The molecule has 0 aliphatic rings. The number of carbonyl (C=O) groups is 1. The molecule has 1 heterocycles. The van der Waals surface area contributed by atoms with Crippen LogP contribution in [0.25, 0.3) is 22.8 Å². The molecule has 0 radical (unpaired) electrons. The van der Waals surface area contributed by atoms with Crippen molar-refractivity contribution in [2.24, 2.45) is 0 Å². The van der Waals surface area contributed by atoms with Crippen LogP contribution >= 0.6 is 0 Å². The molecule has 3 aromatic rings. The number of aromatic nitrogens is 1. The molecule has 0 aliphatic heterocycles. The number of benzene rings is 2. The minimum Gasteiger partial charge on any atom is -0.494 e. The minimum atomic E-state index is -0.124. The molecule has 0 aliphatic carbocycles. The third-order valence-electron chi connectivity index (χ3n) is 4.35. The van der Waals surface area contributed by atoms with E-state index in [0.717, 1.165) is 17.7 Å². The second-order valence-corrected chi connectivity index (χ2v) is 6.32. The Bertz CT molecular complexity index is 900. The molecule has 1 N–H and O–H groups in total. The number of carbonyl (C=O) groups excluding carboxylic acids is 1. The largest absolute Gasteiger partial charge is 0.494 e. The zero-order valence-electron chi connectivity index (χ0n) is 15.9. The predicted octanol–water partition coefficient (Wildman–Crippen LogP) is 4.94. The highest BCUT2D eigenvalue weighted by atomic mass is 16.5. The molecule has 5 heteroatoms. The Morgan fingerprint density at radius 2 is 1.89 bits per heavy atom. The number of ether oxygens (including phenoxy) is 1. The van der Waals surface area contributed by atoms with Gasteiger partial charge in [0.2, 0.25) is 5.89 Å². The third-order valence-corrected chi connectivity index (χ3v) is 4.35. The fraction of sp³-hybridized carbons (Fsp3) is 0.273. The maximum absolute atomic E-state index is 12.6. The molecule has 3 rings (SSSR count). The van der Waals surface area contributed by atoms with Gasteiger partial charge in [-0.1, -0.05) is 19.1 Å². The quantitative estimate of drug-likeness (QED) is 0.645. The second-order valence-electron chi connectivity index (χ2n) is 6.32. The lowest BCUT2D eigenvalue weighted by Gasteiger charge is -2.12. The van der Waals surface area contributed by atoms with Gasteiger partial charge in [0.05, 0.1) is 18.4 Å². The van der Waals surface area contributed by atoms with E-state index in [0.29, 0.717) is 29.4 Å². The van der Waals surface area contributed by atoms with E-state index in [-0.39, 0.29) is 11.9 Å². The second kappa shape index (κ2) is 8.54. The van der Waals surface area contributed by atoms with Gasteiger partial charge in [-0.25, -0.2) is 4.98 Å². The van der Waals surface area contributed by atoms with Crippen molar-refractivity contribution in [3.8, 4) is 28.5 Å². The van der Waals surface area contributed by atoms with Crippen molar-refractivity contribution in [3.05, 3.63) is 60.3 Å². The molecule has 1 unspecified atom stereocenters. The first-order chi connectivity index (χ1) is 13.1. The van der Waals surface area contributed by atoms with Gasteiger partial charge in [-0.15, -0.1) is 0 Å². The van der Waals surface area contributed by atoms with E-state index in [9.17, 15) is 4.79 Å². The third kappa shape index (κ3) is 4.37. The molecular formula is C22H24N2O3. The molecule has 0 fully saturated rings. The van der Waals surface area contributed by atoms with Crippen molar-refractivity contribution in [1.29, 1.82) is 0 Å². The van der Waals surface area contributed by atoms with Crippen LogP contribution < -0.4 is 10.1 Å². The SMILES string of the molecule is CCOc1ccc(-c2cnc(-c3ccccc3C(=O)NC(C)CC)o2)cc1. The van der Waals surface area contributed by atoms with Crippen LogP contribution in [0.15, 0.2) is 59.1 Å². The molecule has 2 aromatic carbocycles. The first-order valence-electron chi connectivity index (χ1n) is 9.21. The van der Waals surface area contributed by atoms with Crippen molar-refractivity contribution < 1.29 is 13.9 Å². The van der Waals surface area contributed by atoms with Crippen molar-refractivity contribution in [2.45, 2.75) is 33.2 Å². The van der Waals surface area contributed by atoms with E-state index in [1.165, 1.54) is 0 Å². The number of amides is 1. The molecule has 0 saturated heterocycles. The van der Waals surface area contributed by atoms with Crippen LogP contribution in [0.5, 0.6) is 5.75 Å². The van der Waals surface area contributed by atoms with Crippen molar-refractivity contribution in [2.75, 3.05) is 6.61 Å². The highest BCUT2D eigenvalue weighted by Gasteiger charge is 2.17. The zero-order chi connectivity index (χ0) is 19.2. The first kappa shape index (κ1) is 18.7. The maximum Gasteiger partial charge on any atom is 0.252 e. The van der Waals surface area contributed by atoms with Gasteiger partial charge in [0, 0.05) is 17.2 Å². The molecular weight excluding hydrogens is 340 g/mol. The summed E-state index contributed by atoms with van der Waals surface area (Å²) in [5.74, 6) is 1.76. The van der Waals surface area contributed by atoms with E-state index in [1.807, 2.05) is 63.2 Å². The summed E-state index contributed by atoms with van der Waals surface area (Å²) in [5.41, 5.74) is 2.13. The van der Waals surface area contributed by atoms with E-state index in [1.54, 1.807) is 12.3 Å². The van der Waals surface area contributed by atoms with Crippen LogP contribution in [0.3, 0.4) is 0 Å². The van der Waals surface area contributed by atoms with Crippen LogP contribution in [-0.2, 0) is 0 Å². The molecule has 1 atom stereocenters. The Balaban J connectivity index is 1.87. The number of rotatable bonds is 7. The summed E-state index contributed by atoms with van der Waals surface area (Å²) in [6.45, 7) is 6.59. The molecule has 0 saturated carbocycles. The average molecular weight is 364 g/mol. The number of hydrogen-bond acceptors (Lipinski definition) is 4. The smallest absolute Gasteiger partial charge is 0.252 e. The van der Waals surface area contributed by atoms with Crippen LogP contribution in [0.1, 0.15) is 37.6 Å². The fourth-order valence-electron chi connectivity index (χ4n) is 2.69. The summed E-state index contributed by atoms with van der Waals surface area (Å²) in [7, 11) is 0. The summed E-state index contributed by atoms with van der Waals surface area (Å²) in [5, 5.41) is 2.99. The summed E-state index contributed by atoms with van der Waals surface area (Å²) in [6.07, 6.45) is 2.54. The fourth-order valence-corrected chi connectivity index (χ4v) is 2.69. The molecule has 1 amide bonds. The number of nitrogens with one attached hydrogen (secondary N) is 1. The normalized spacial score (nSPS) is 11.8. The van der Waals surface area contributed by atoms with Crippen LogP contribution in [-0.4, -0.2) is 23.5 Å². The maximum atomic E-state index is 12.6. The highest BCUT2D eigenvalue weighted by molar-refractivity contribution is 6.00. The monoisotopic (exact) mass is 364 g/mol. The van der Waals surface area contributed by atoms with Gasteiger partial charge in [-0.3, -0.25) is 4.79 Å². The van der Waals surface area contributed by atoms with Gasteiger partial charge in [0.15, 0.2) is 5.76 Å². The van der Waals surface area contributed by atoms with E-state index < -0.39 is 0 Å². The Kier molecular flexibility index (Phi) is 5.91. The number of hydrogen-bond donors (Lipinski definition) is 1. The standard InChI is InChI=1S/C22H24N2O3/c1-4-15(3)24-21(25)18-8-6-7-9-19(18)22-23-14-20(27-22)16-10-12-17(13-11-16)26-5-2/h6-15H,4-5H2,1-3H3,(H,24,25). The lowest BCUT2D eigenvalue weighted by atomic mass is 10.1. The van der Waals surface area contributed by atoms with E-state index >= 15 is 0 Å². The summed E-state index contributed by atoms with van der Waals surface area (Å²) in [4.78, 5) is 17.0. The van der Waals surface area contributed by atoms with Crippen LogP contribution in [0.2, 0.25) is 0 Å². The molecule has 27 heavy (non-hydrogen) atoms. The molecule has 5 nitrogen and oxygen atoms in total. The van der Waals surface area contributed by atoms with Crippen molar-refractivity contribution >= 4 is 5.91 Å². The van der Waals surface area contributed by atoms with Crippen molar-refractivity contribution in [3.63, 3.8) is 0 Å². The van der Waals surface area contributed by atoms with Gasteiger partial charge in [0.25, 0.3) is 5.91 Å². The van der Waals surface area contributed by atoms with Gasteiger partial charge >= 0.3 is 0 Å². The lowest BCUT2D eigenvalue weighted by Crippen LogP contribution is -2.32. The highest BCUT2D eigenvalue weighted by Crippen LogP contribution is 2.29. The summed E-state index contributed by atoms with van der Waals surface area (Å²) in [6, 6.07) is 15.1. The van der Waals surface area contributed by atoms with Crippen LogP contribution in [0, 0.1) is 0 Å². The molecule has 0 bridgehead atoms. The van der Waals surface area contributed by atoms with Gasteiger partial charge < -0.3 is 14.5 Å². The Morgan fingerprint density at radius 1 is 1.15 bits per heavy atom. The number of nitrogens with zero attached hydrogens (tertiary/aromatic N) is 1.